The van der Waals surface area contributed by atoms with E-state index in [0.717, 1.165) is 30.5 Å². The SMILES string of the molecule is CCCN(CCO)c1ccc(Br)cc1CNCC. The fourth-order valence-electron chi connectivity index (χ4n) is 2.01. The summed E-state index contributed by atoms with van der Waals surface area (Å²) in [5.74, 6) is 0. The smallest absolute Gasteiger partial charge is 0.0606 e. The summed E-state index contributed by atoms with van der Waals surface area (Å²) in [5, 5.41) is 12.5. The molecule has 0 saturated heterocycles. The molecule has 102 valence electrons. The Morgan fingerprint density at radius 1 is 1.28 bits per heavy atom. The van der Waals surface area contributed by atoms with E-state index >= 15 is 0 Å². The molecule has 1 aromatic rings. The van der Waals surface area contributed by atoms with Gasteiger partial charge in [0.15, 0.2) is 0 Å². The van der Waals surface area contributed by atoms with Crippen molar-refractivity contribution in [1.82, 2.24) is 5.32 Å². The number of nitrogens with zero attached hydrogens (tertiary/aromatic N) is 1. The molecule has 0 spiro atoms. The van der Waals surface area contributed by atoms with Gasteiger partial charge in [0, 0.05) is 29.8 Å². The lowest BCUT2D eigenvalue weighted by Crippen LogP contribution is -2.29. The molecule has 2 N–H and O–H groups in total. The first-order valence-electron chi connectivity index (χ1n) is 6.57. The largest absolute Gasteiger partial charge is 0.395 e. The zero-order chi connectivity index (χ0) is 13.4. The predicted molar refractivity (Wildman–Crippen MR) is 81.1 cm³/mol. The zero-order valence-electron chi connectivity index (χ0n) is 11.2. The van der Waals surface area contributed by atoms with Crippen LogP contribution in [0.3, 0.4) is 0 Å². The van der Waals surface area contributed by atoms with E-state index in [-0.39, 0.29) is 6.61 Å². The van der Waals surface area contributed by atoms with E-state index in [9.17, 15) is 5.11 Å². The fraction of sp³-hybridized carbons (Fsp3) is 0.571. The van der Waals surface area contributed by atoms with Crippen molar-refractivity contribution in [1.29, 1.82) is 0 Å². The van der Waals surface area contributed by atoms with Gasteiger partial charge in [0.2, 0.25) is 0 Å². The van der Waals surface area contributed by atoms with Crippen molar-refractivity contribution in [3.05, 3.63) is 28.2 Å². The molecule has 0 aliphatic rings. The summed E-state index contributed by atoms with van der Waals surface area (Å²) in [4.78, 5) is 2.25. The molecule has 0 saturated carbocycles. The van der Waals surface area contributed by atoms with Crippen LogP contribution in [0.2, 0.25) is 0 Å². The molecule has 0 amide bonds. The second-order valence-electron chi connectivity index (χ2n) is 4.26. The van der Waals surface area contributed by atoms with Crippen molar-refractivity contribution in [3.63, 3.8) is 0 Å². The van der Waals surface area contributed by atoms with Crippen molar-refractivity contribution >= 4 is 21.6 Å². The lowest BCUT2D eigenvalue weighted by molar-refractivity contribution is 0.301. The molecule has 1 rings (SSSR count). The van der Waals surface area contributed by atoms with Gasteiger partial charge in [0.05, 0.1) is 6.61 Å². The highest BCUT2D eigenvalue weighted by Crippen LogP contribution is 2.24. The van der Waals surface area contributed by atoms with Crippen molar-refractivity contribution in [2.45, 2.75) is 26.8 Å². The van der Waals surface area contributed by atoms with Crippen molar-refractivity contribution < 1.29 is 5.11 Å². The second-order valence-corrected chi connectivity index (χ2v) is 5.18. The molecule has 4 heteroatoms. The molecule has 1 aromatic carbocycles. The first-order chi connectivity index (χ1) is 8.72. The second kappa shape index (κ2) is 8.51. The molecule has 0 radical (unpaired) electrons. The normalized spacial score (nSPS) is 10.7. The minimum absolute atomic E-state index is 0.191. The topological polar surface area (TPSA) is 35.5 Å². The first-order valence-corrected chi connectivity index (χ1v) is 7.37. The third-order valence-electron chi connectivity index (χ3n) is 2.81. The van der Waals surface area contributed by atoms with Crippen molar-refractivity contribution in [3.8, 4) is 0 Å². The minimum atomic E-state index is 0.191. The molecule has 0 unspecified atom stereocenters. The van der Waals surface area contributed by atoms with Gasteiger partial charge in [-0.2, -0.15) is 0 Å². The Kier molecular flexibility index (Phi) is 7.32. The van der Waals surface area contributed by atoms with Crippen molar-refractivity contribution in [2.75, 3.05) is 31.1 Å². The average molecular weight is 315 g/mol. The predicted octanol–water partition coefficient (Wildman–Crippen LogP) is 2.77. The highest BCUT2D eigenvalue weighted by Gasteiger charge is 2.10. The third kappa shape index (κ3) is 4.59. The Hall–Kier alpha value is -0.580. The number of aliphatic hydroxyl groups excluding tert-OH is 1. The van der Waals surface area contributed by atoms with Crippen LogP contribution < -0.4 is 10.2 Å². The number of hydrogen-bond acceptors (Lipinski definition) is 3. The standard InChI is InChI=1S/C14H23BrN2O/c1-3-7-17(8-9-18)14-6-5-13(15)10-12(14)11-16-4-2/h5-6,10,16,18H,3-4,7-9,11H2,1-2H3. The molecule has 0 heterocycles. The molecule has 0 fully saturated rings. The van der Waals surface area contributed by atoms with Gasteiger partial charge in [-0.25, -0.2) is 0 Å². The molecule has 18 heavy (non-hydrogen) atoms. The van der Waals surface area contributed by atoms with Gasteiger partial charge < -0.3 is 15.3 Å². The number of benzene rings is 1. The number of nitrogens with one attached hydrogen (secondary N) is 1. The van der Waals surface area contributed by atoms with Crippen LogP contribution in [-0.4, -0.2) is 31.3 Å². The van der Waals surface area contributed by atoms with Gasteiger partial charge in [0.1, 0.15) is 0 Å². The van der Waals surface area contributed by atoms with Gasteiger partial charge in [-0.05, 0) is 36.7 Å². The third-order valence-corrected chi connectivity index (χ3v) is 3.30. The van der Waals surface area contributed by atoms with Crippen LogP contribution in [0, 0.1) is 0 Å². The van der Waals surface area contributed by atoms with E-state index in [1.807, 2.05) is 0 Å². The number of aliphatic hydroxyl groups is 1. The Balaban J connectivity index is 2.95. The Bertz CT molecular complexity index is 352. The molecular weight excluding hydrogens is 292 g/mol. The van der Waals surface area contributed by atoms with Gasteiger partial charge in [-0.3, -0.25) is 0 Å². The number of rotatable bonds is 8. The van der Waals surface area contributed by atoms with Crippen LogP contribution in [0.1, 0.15) is 25.8 Å². The van der Waals surface area contributed by atoms with Crippen LogP contribution in [0.5, 0.6) is 0 Å². The Labute approximate surface area is 118 Å². The number of anilines is 1. The molecular formula is C14H23BrN2O. The Morgan fingerprint density at radius 3 is 2.67 bits per heavy atom. The summed E-state index contributed by atoms with van der Waals surface area (Å²) in [5.41, 5.74) is 2.49. The summed E-state index contributed by atoms with van der Waals surface area (Å²) >= 11 is 3.52. The van der Waals surface area contributed by atoms with E-state index in [1.165, 1.54) is 11.3 Å². The maximum atomic E-state index is 9.18. The van der Waals surface area contributed by atoms with Crippen LogP contribution >= 0.6 is 15.9 Å². The van der Waals surface area contributed by atoms with Crippen LogP contribution in [-0.2, 0) is 6.54 Å². The Morgan fingerprint density at radius 2 is 2.06 bits per heavy atom. The fourth-order valence-corrected chi connectivity index (χ4v) is 2.42. The summed E-state index contributed by atoms with van der Waals surface area (Å²) in [7, 11) is 0. The highest BCUT2D eigenvalue weighted by atomic mass is 79.9. The minimum Gasteiger partial charge on any atom is -0.395 e. The number of halogens is 1. The lowest BCUT2D eigenvalue weighted by Gasteiger charge is -2.26. The van der Waals surface area contributed by atoms with E-state index < -0.39 is 0 Å². The summed E-state index contributed by atoms with van der Waals surface area (Å²) in [6, 6.07) is 6.34. The molecule has 0 atom stereocenters. The molecule has 0 aromatic heterocycles. The molecule has 0 bridgehead atoms. The molecule has 3 nitrogen and oxygen atoms in total. The lowest BCUT2D eigenvalue weighted by atomic mass is 10.1. The van der Waals surface area contributed by atoms with Crippen LogP contribution in [0.15, 0.2) is 22.7 Å². The van der Waals surface area contributed by atoms with E-state index in [4.69, 9.17) is 0 Å². The van der Waals surface area contributed by atoms with Gasteiger partial charge in [-0.15, -0.1) is 0 Å². The van der Waals surface area contributed by atoms with Gasteiger partial charge in [-0.1, -0.05) is 29.8 Å². The highest BCUT2D eigenvalue weighted by molar-refractivity contribution is 9.10. The quantitative estimate of drug-likeness (QED) is 0.774. The average Bonchev–Trinajstić information content (AvgIpc) is 2.36. The molecule has 0 aliphatic heterocycles. The summed E-state index contributed by atoms with van der Waals surface area (Å²) < 4.78 is 1.10. The van der Waals surface area contributed by atoms with E-state index in [0.29, 0.717) is 6.54 Å². The number of hydrogen-bond donors (Lipinski definition) is 2. The van der Waals surface area contributed by atoms with Crippen LogP contribution in [0.25, 0.3) is 0 Å². The summed E-state index contributed by atoms with van der Waals surface area (Å²) in [6.45, 7) is 7.94. The van der Waals surface area contributed by atoms with E-state index in [2.05, 4.69) is 58.2 Å². The maximum absolute atomic E-state index is 9.18. The van der Waals surface area contributed by atoms with Gasteiger partial charge in [0.25, 0.3) is 0 Å². The monoisotopic (exact) mass is 314 g/mol. The van der Waals surface area contributed by atoms with Crippen molar-refractivity contribution in [2.24, 2.45) is 0 Å². The maximum Gasteiger partial charge on any atom is 0.0606 e. The van der Waals surface area contributed by atoms with E-state index in [1.54, 1.807) is 0 Å². The molecule has 0 aliphatic carbocycles. The first kappa shape index (κ1) is 15.5. The summed E-state index contributed by atoms with van der Waals surface area (Å²) in [6.07, 6.45) is 1.08. The van der Waals surface area contributed by atoms with Crippen LogP contribution in [0.4, 0.5) is 5.69 Å². The van der Waals surface area contributed by atoms with Gasteiger partial charge >= 0.3 is 0 Å². The zero-order valence-corrected chi connectivity index (χ0v) is 12.8.